The molecule has 1 saturated heterocycles. The number of carbonyl (C=O) groups is 2. The van der Waals surface area contributed by atoms with Crippen LogP contribution in [-0.2, 0) is 30.6 Å². The highest BCUT2D eigenvalue weighted by Gasteiger charge is 2.31. The van der Waals surface area contributed by atoms with E-state index in [1.165, 1.54) is 5.56 Å². The van der Waals surface area contributed by atoms with Gasteiger partial charge in [-0.3, -0.25) is 4.79 Å². The molecule has 8 heteroatoms. The number of aryl methyl sites for hydroxylation is 2. The summed E-state index contributed by atoms with van der Waals surface area (Å²) in [5, 5.41) is 9.89. The normalized spacial score (nSPS) is 19.5. The first-order valence-electron chi connectivity index (χ1n) is 8.99. The maximum absolute atomic E-state index is 12.5. The molecule has 4 rings (SSSR count). The van der Waals surface area contributed by atoms with E-state index in [1.807, 2.05) is 22.9 Å². The monoisotopic (exact) mass is 354 g/mol. The Labute approximate surface area is 151 Å². The highest BCUT2D eigenvalue weighted by molar-refractivity contribution is 5.90. The molecular weight excluding hydrogens is 332 g/mol. The molecule has 3 heterocycles. The van der Waals surface area contributed by atoms with Gasteiger partial charge in [-0.1, -0.05) is 30.3 Å². The number of nitrogens with one attached hydrogen (secondary N) is 2. The van der Waals surface area contributed by atoms with Gasteiger partial charge in [-0.2, -0.15) is 5.10 Å². The van der Waals surface area contributed by atoms with E-state index in [-0.39, 0.29) is 11.9 Å². The summed E-state index contributed by atoms with van der Waals surface area (Å²) < 4.78 is 1.92. The van der Waals surface area contributed by atoms with Gasteiger partial charge in [-0.25, -0.2) is 14.5 Å². The molecule has 2 aliphatic rings. The van der Waals surface area contributed by atoms with Crippen molar-refractivity contribution in [3.63, 3.8) is 0 Å². The maximum Gasteiger partial charge on any atom is 0.315 e. The molecule has 2 N–H and O–H groups in total. The highest BCUT2D eigenvalue weighted by atomic mass is 16.2. The van der Waals surface area contributed by atoms with Crippen molar-refractivity contribution in [1.82, 2.24) is 30.3 Å². The molecule has 2 aromatic rings. The van der Waals surface area contributed by atoms with Gasteiger partial charge < -0.3 is 15.5 Å². The molecule has 1 unspecified atom stereocenters. The lowest BCUT2D eigenvalue weighted by molar-refractivity contribution is -0.132. The number of urea groups is 1. The van der Waals surface area contributed by atoms with Crippen molar-refractivity contribution in [2.24, 2.45) is 0 Å². The Morgan fingerprint density at radius 3 is 2.77 bits per heavy atom. The Balaban J connectivity index is 1.35. The third kappa shape index (κ3) is 3.54. The van der Waals surface area contributed by atoms with E-state index in [9.17, 15) is 9.59 Å². The number of benzene rings is 1. The molecule has 2 aliphatic heterocycles. The topological polar surface area (TPSA) is 92.2 Å². The van der Waals surface area contributed by atoms with Gasteiger partial charge in [0.25, 0.3) is 0 Å². The third-order valence-corrected chi connectivity index (χ3v) is 4.84. The molecule has 0 radical (unpaired) electrons. The lowest BCUT2D eigenvalue weighted by Crippen LogP contribution is -2.46. The molecule has 3 amide bonds. The molecule has 8 nitrogen and oxygen atoms in total. The van der Waals surface area contributed by atoms with Crippen LogP contribution in [0.25, 0.3) is 0 Å². The minimum absolute atomic E-state index is 0.0431. The predicted octanol–water partition coefficient (Wildman–Crippen LogP) is 0.129. The van der Waals surface area contributed by atoms with E-state index in [1.54, 1.807) is 4.90 Å². The van der Waals surface area contributed by atoms with E-state index in [0.29, 0.717) is 32.6 Å². The summed E-state index contributed by atoms with van der Waals surface area (Å²) in [5.74, 6) is 1.74. The van der Waals surface area contributed by atoms with Gasteiger partial charge in [-0.05, 0) is 12.0 Å². The van der Waals surface area contributed by atoms with Crippen LogP contribution in [0, 0.1) is 0 Å². The summed E-state index contributed by atoms with van der Waals surface area (Å²) in [6, 6.07) is 9.57. The Morgan fingerprint density at radius 2 is 2.00 bits per heavy atom. The van der Waals surface area contributed by atoms with Crippen LogP contribution in [0.5, 0.6) is 0 Å². The standard InChI is InChI=1S/C18H22N6O2/c25-17(14-12-19-18(26)20-14)23-9-8-16-21-15(22-24(16)11-10-23)7-6-13-4-2-1-3-5-13/h1-5,14H,6-12H2,(H2,19,20,26). The van der Waals surface area contributed by atoms with Gasteiger partial charge in [-0.15, -0.1) is 0 Å². The first-order valence-corrected chi connectivity index (χ1v) is 8.99. The zero-order valence-electron chi connectivity index (χ0n) is 14.5. The second-order valence-corrected chi connectivity index (χ2v) is 6.64. The number of nitrogens with zero attached hydrogens (tertiary/aromatic N) is 4. The molecule has 1 aromatic heterocycles. The smallest absolute Gasteiger partial charge is 0.315 e. The number of amides is 3. The third-order valence-electron chi connectivity index (χ3n) is 4.84. The van der Waals surface area contributed by atoms with Crippen LogP contribution in [0.4, 0.5) is 4.79 Å². The summed E-state index contributed by atoms with van der Waals surface area (Å²) in [6.45, 7) is 2.16. The Morgan fingerprint density at radius 1 is 1.15 bits per heavy atom. The molecule has 0 spiro atoms. The SMILES string of the molecule is O=C1NCC(C(=O)N2CCc3nc(CCc4ccccc4)nn3CC2)N1. The lowest BCUT2D eigenvalue weighted by Gasteiger charge is -2.22. The first kappa shape index (κ1) is 16.6. The van der Waals surface area contributed by atoms with E-state index in [2.05, 4.69) is 32.8 Å². The van der Waals surface area contributed by atoms with Crippen molar-refractivity contribution in [2.45, 2.75) is 31.8 Å². The van der Waals surface area contributed by atoms with Gasteiger partial charge >= 0.3 is 6.03 Å². The molecule has 1 atom stereocenters. The van der Waals surface area contributed by atoms with Crippen LogP contribution in [0.15, 0.2) is 30.3 Å². The fraction of sp³-hybridized carbons (Fsp3) is 0.444. The van der Waals surface area contributed by atoms with Crippen LogP contribution in [0.1, 0.15) is 17.2 Å². The first-order chi connectivity index (χ1) is 12.7. The van der Waals surface area contributed by atoms with Crippen LogP contribution in [-0.4, -0.2) is 57.3 Å². The largest absolute Gasteiger partial charge is 0.339 e. The average Bonchev–Trinajstić information content (AvgIpc) is 3.22. The Kier molecular flexibility index (Phi) is 4.55. The molecule has 0 saturated carbocycles. The summed E-state index contributed by atoms with van der Waals surface area (Å²) in [6.07, 6.45) is 2.41. The minimum atomic E-state index is -0.470. The lowest BCUT2D eigenvalue weighted by atomic mass is 10.1. The summed E-state index contributed by atoms with van der Waals surface area (Å²) >= 11 is 0. The molecule has 0 bridgehead atoms. The van der Waals surface area contributed by atoms with Crippen molar-refractivity contribution < 1.29 is 9.59 Å². The van der Waals surface area contributed by atoms with Gasteiger partial charge in [0, 0.05) is 32.5 Å². The van der Waals surface area contributed by atoms with Crippen LogP contribution in [0.3, 0.4) is 0 Å². The second kappa shape index (κ2) is 7.15. The van der Waals surface area contributed by atoms with Crippen molar-refractivity contribution in [1.29, 1.82) is 0 Å². The summed E-state index contributed by atoms with van der Waals surface area (Å²) in [5.41, 5.74) is 1.28. The molecule has 1 fully saturated rings. The van der Waals surface area contributed by atoms with Gasteiger partial charge in [0.05, 0.1) is 6.54 Å². The van der Waals surface area contributed by atoms with Crippen LogP contribution in [0.2, 0.25) is 0 Å². The van der Waals surface area contributed by atoms with Gasteiger partial charge in [0.1, 0.15) is 11.9 Å². The number of aromatic nitrogens is 3. The summed E-state index contributed by atoms with van der Waals surface area (Å²) in [4.78, 5) is 30.2. The zero-order valence-corrected chi connectivity index (χ0v) is 14.5. The van der Waals surface area contributed by atoms with E-state index in [4.69, 9.17) is 0 Å². The quantitative estimate of drug-likeness (QED) is 0.816. The molecule has 0 aliphatic carbocycles. The number of hydrogen-bond acceptors (Lipinski definition) is 4. The number of carbonyl (C=O) groups excluding carboxylic acids is 2. The van der Waals surface area contributed by atoms with Gasteiger partial charge in [0.2, 0.25) is 5.91 Å². The molecule has 1 aromatic carbocycles. The van der Waals surface area contributed by atoms with Crippen molar-refractivity contribution in [2.75, 3.05) is 19.6 Å². The average molecular weight is 354 g/mol. The Bertz CT molecular complexity index is 778. The van der Waals surface area contributed by atoms with Crippen LogP contribution < -0.4 is 10.6 Å². The fourth-order valence-corrected chi connectivity index (χ4v) is 3.40. The predicted molar refractivity (Wildman–Crippen MR) is 94.5 cm³/mol. The molecule has 136 valence electrons. The number of rotatable bonds is 4. The van der Waals surface area contributed by atoms with E-state index < -0.39 is 6.04 Å². The molecular formula is C18H22N6O2. The zero-order chi connectivity index (χ0) is 17.9. The van der Waals surface area contributed by atoms with Gasteiger partial charge in [0.15, 0.2) is 5.82 Å². The van der Waals surface area contributed by atoms with Crippen molar-refractivity contribution >= 4 is 11.9 Å². The maximum atomic E-state index is 12.5. The molecule has 26 heavy (non-hydrogen) atoms. The second-order valence-electron chi connectivity index (χ2n) is 6.64. The summed E-state index contributed by atoms with van der Waals surface area (Å²) in [7, 11) is 0. The number of hydrogen-bond donors (Lipinski definition) is 2. The van der Waals surface area contributed by atoms with E-state index in [0.717, 1.165) is 24.5 Å². The number of fused-ring (bicyclic) bond motifs is 1. The highest BCUT2D eigenvalue weighted by Crippen LogP contribution is 2.11. The fourth-order valence-electron chi connectivity index (χ4n) is 3.40. The minimum Gasteiger partial charge on any atom is -0.339 e. The van der Waals surface area contributed by atoms with Crippen molar-refractivity contribution in [3.8, 4) is 0 Å². The Hall–Kier alpha value is -2.90. The van der Waals surface area contributed by atoms with Crippen molar-refractivity contribution in [3.05, 3.63) is 47.5 Å². The van der Waals surface area contributed by atoms with Crippen LogP contribution >= 0.6 is 0 Å². The van der Waals surface area contributed by atoms with E-state index >= 15 is 0 Å².